The number of alkyl halides is 3. The predicted molar refractivity (Wildman–Crippen MR) is 37.7 cm³/mol. The lowest BCUT2D eigenvalue weighted by molar-refractivity contribution is 0.511. The van der Waals surface area contributed by atoms with Crippen LogP contribution in [0.3, 0.4) is 0 Å². The molecule has 1 aliphatic carbocycles. The lowest BCUT2D eigenvalue weighted by atomic mass is 10.1. The first-order chi connectivity index (χ1) is 5.31. The zero-order valence-electron chi connectivity index (χ0n) is 6.04. The Kier molecular flexibility index (Phi) is 2.74. The van der Waals surface area contributed by atoms with Gasteiger partial charge in [-0.05, 0) is 23.1 Å². The molecule has 0 amide bonds. The van der Waals surface area contributed by atoms with Gasteiger partial charge < -0.3 is 0 Å². The number of hydrogen-bond acceptors (Lipinski definition) is 0. The van der Waals surface area contributed by atoms with Gasteiger partial charge in [-0.1, -0.05) is 6.08 Å². The molecule has 3 heteroatoms. The van der Waals surface area contributed by atoms with E-state index in [1.807, 2.05) is 0 Å². The Morgan fingerprint density at radius 2 is 1.82 bits per heavy atom. The Hall–Kier alpha value is -0.730. The van der Waals surface area contributed by atoms with Gasteiger partial charge in [0.15, 0.2) is 0 Å². The van der Waals surface area contributed by atoms with Gasteiger partial charge in [0.2, 0.25) is 0 Å². The van der Waals surface area contributed by atoms with E-state index < -0.39 is 20.0 Å². The zero-order valence-corrected chi connectivity index (χ0v) is 6.04. The SMILES string of the molecule is FCC1=CC(CF)=C(CF)C1. The van der Waals surface area contributed by atoms with Crippen molar-refractivity contribution in [2.24, 2.45) is 0 Å². The van der Waals surface area contributed by atoms with E-state index in [9.17, 15) is 13.2 Å². The van der Waals surface area contributed by atoms with E-state index in [1.165, 1.54) is 6.08 Å². The fourth-order valence-electron chi connectivity index (χ4n) is 1.14. The second-order valence-corrected chi connectivity index (χ2v) is 2.51. The minimum Gasteiger partial charge on any atom is -0.246 e. The van der Waals surface area contributed by atoms with Crippen molar-refractivity contribution in [2.75, 3.05) is 20.0 Å². The molecule has 0 saturated carbocycles. The first-order valence-electron chi connectivity index (χ1n) is 3.40. The van der Waals surface area contributed by atoms with Gasteiger partial charge in [0.1, 0.15) is 20.0 Å². The largest absolute Gasteiger partial charge is 0.246 e. The van der Waals surface area contributed by atoms with Crippen molar-refractivity contribution >= 4 is 0 Å². The highest BCUT2D eigenvalue weighted by atomic mass is 19.1. The highest BCUT2D eigenvalue weighted by molar-refractivity contribution is 5.39. The van der Waals surface area contributed by atoms with Gasteiger partial charge in [0, 0.05) is 0 Å². The van der Waals surface area contributed by atoms with E-state index in [2.05, 4.69) is 0 Å². The van der Waals surface area contributed by atoms with Gasteiger partial charge in [-0.15, -0.1) is 0 Å². The van der Waals surface area contributed by atoms with Crippen LogP contribution in [0.5, 0.6) is 0 Å². The Morgan fingerprint density at radius 3 is 2.18 bits per heavy atom. The summed E-state index contributed by atoms with van der Waals surface area (Å²) in [6.07, 6.45) is 1.68. The van der Waals surface area contributed by atoms with E-state index in [0.29, 0.717) is 16.7 Å². The minimum atomic E-state index is -0.692. The standard InChI is InChI=1S/C8H9F3/c9-3-6-1-7(4-10)8(2-6)5-11/h1H,2-5H2. The molecule has 0 aromatic carbocycles. The Labute approximate surface area is 63.4 Å². The van der Waals surface area contributed by atoms with Crippen molar-refractivity contribution in [1.82, 2.24) is 0 Å². The molecule has 0 unspecified atom stereocenters. The van der Waals surface area contributed by atoms with Crippen LogP contribution in [0.4, 0.5) is 13.2 Å². The lowest BCUT2D eigenvalue weighted by Gasteiger charge is -1.96. The summed E-state index contributed by atoms with van der Waals surface area (Å²) in [5.41, 5.74) is 1.19. The Morgan fingerprint density at radius 1 is 1.09 bits per heavy atom. The van der Waals surface area contributed by atoms with Gasteiger partial charge in [0.05, 0.1) is 0 Å². The highest BCUT2D eigenvalue weighted by Crippen LogP contribution is 2.26. The second-order valence-electron chi connectivity index (χ2n) is 2.51. The normalized spacial score (nSPS) is 17.5. The third-order valence-corrected chi connectivity index (χ3v) is 1.75. The summed E-state index contributed by atoms with van der Waals surface area (Å²) in [5, 5.41) is 0. The Bertz CT molecular complexity index is 203. The summed E-state index contributed by atoms with van der Waals surface area (Å²) in [4.78, 5) is 0. The van der Waals surface area contributed by atoms with E-state index in [0.717, 1.165) is 0 Å². The Balaban J connectivity index is 2.69. The fourth-order valence-corrected chi connectivity index (χ4v) is 1.14. The third-order valence-electron chi connectivity index (χ3n) is 1.75. The lowest BCUT2D eigenvalue weighted by Crippen LogP contribution is -1.88. The maximum absolute atomic E-state index is 12.1. The molecule has 0 radical (unpaired) electrons. The van der Waals surface area contributed by atoms with Crippen LogP contribution in [-0.2, 0) is 0 Å². The smallest absolute Gasteiger partial charge is 0.115 e. The van der Waals surface area contributed by atoms with Crippen molar-refractivity contribution in [3.63, 3.8) is 0 Å². The molecule has 0 aromatic rings. The summed E-state index contributed by atoms with van der Waals surface area (Å²) in [5.74, 6) is 0. The monoisotopic (exact) mass is 162 g/mol. The van der Waals surface area contributed by atoms with Crippen LogP contribution in [0.2, 0.25) is 0 Å². The maximum Gasteiger partial charge on any atom is 0.115 e. The van der Waals surface area contributed by atoms with Crippen LogP contribution in [0, 0.1) is 0 Å². The summed E-state index contributed by atoms with van der Waals surface area (Å²) >= 11 is 0. The van der Waals surface area contributed by atoms with Crippen molar-refractivity contribution < 1.29 is 13.2 Å². The van der Waals surface area contributed by atoms with Gasteiger partial charge in [0.25, 0.3) is 0 Å². The molecule has 0 nitrogen and oxygen atoms in total. The molecule has 0 bridgehead atoms. The maximum atomic E-state index is 12.1. The van der Waals surface area contributed by atoms with Gasteiger partial charge in [-0.3, -0.25) is 0 Å². The minimum absolute atomic E-state index is 0.270. The number of hydrogen-bond donors (Lipinski definition) is 0. The van der Waals surface area contributed by atoms with Gasteiger partial charge >= 0.3 is 0 Å². The molecule has 0 N–H and O–H groups in total. The molecule has 0 aliphatic heterocycles. The van der Waals surface area contributed by atoms with E-state index >= 15 is 0 Å². The van der Waals surface area contributed by atoms with Crippen molar-refractivity contribution in [2.45, 2.75) is 6.42 Å². The van der Waals surface area contributed by atoms with E-state index in [-0.39, 0.29) is 6.42 Å². The molecule has 0 fully saturated rings. The highest BCUT2D eigenvalue weighted by Gasteiger charge is 2.14. The number of halogens is 3. The second kappa shape index (κ2) is 3.60. The molecular formula is C8H9F3. The van der Waals surface area contributed by atoms with Crippen LogP contribution in [0.1, 0.15) is 6.42 Å². The molecule has 62 valence electrons. The topological polar surface area (TPSA) is 0 Å². The van der Waals surface area contributed by atoms with Crippen LogP contribution < -0.4 is 0 Å². The average molecular weight is 162 g/mol. The molecular weight excluding hydrogens is 153 g/mol. The quantitative estimate of drug-likeness (QED) is 0.598. The molecule has 0 heterocycles. The van der Waals surface area contributed by atoms with Crippen molar-refractivity contribution in [3.8, 4) is 0 Å². The van der Waals surface area contributed by atoms with Gasteiger partial charge in [-0.25, -0.2) is 13.2 Å². The molecule has 0 spiro atoms. The van der Waals surface area contributed by atoms with Crippen LogP contribution >= 0.6 is 0 Å². The van der Waals surface area contributed by atoms with Crippen molar-refractivity contribution in [1.29, 1.82) is 0 Å². The van der Waals surface area contributed by atoms with Crippen LogP contribution in [-0.4, -0.2) is 20.0 Å². The zero-order chi connectivity index (χ0) is 8.27. The first-order valence-corrected chi connectivity index (χ1v) is 3.40. The molecule has 0 aromatic heterocycles. The summed E-state index contributed by atoms with van der Waals surface area (Å²) in [7, 11) is 0. The number of allylic oxidation sites excluding steroid dienone is 4. The molecule has 0 atom stereocenters. The third kappa shape index (κ3) is 1.64. The summed E-state index contributed by atoms with van der Waals surface area (Å²) in [6.45, 7) is -1.96. The summed E-state index contributed by atoms with van der Waals surface area (Å²) < 4.78 is 36.1. The predicted octanol–water partition coefficient (Wildman–Crippen LogP) is 2.52. The molecule has 1 aliphatic rings. The molecule has 0 saturated heterocycles. The molecule has 11 heavy (non-hydrogen) atoms. The van der Waals surface area contributed by atoms with E-state index in [1.54, 1.807) is 0 Å². The average Bonchev–Trinajstić information content (AvgIpc) is 2.46. The summed E-state index contributed by atoms with van der Waals surface area (Å²) in [6, 6.07) is 0. The van der Waals surface area contributed by atoms with Crippen molar-refractivity contribution in [3.05, 3.63) is 22.8 Å². The van der Waals surface area contributed by atoms with Crippen LogP contribution in [0.15, 0.2) is 22.8 Å². The first kappa shape index (κ1) is 8.37. The fraction of sp³-hybridized carbons (Fsp3) is 0.500. The van der Waals surface area contributed by atoms with E-state index in [4.69, 9.17) is 0 Å². The number of rotatable bonds is 3. The van der Waals surface area contributed by atoms with Gasteiger partial charge in [-0.2, -0.15) is 0 Å². The van der Waals surface area contributed by atoms with Crippen LogP contribution in [0.25, 0.3) is 0 Å². The molecule has 1 rings (SSSR count).